The fraction of sp³-hybridized carbons (Fsp3) is 0.579. The van der Waals surface area contributed by atoms with Crippen LogP contribution in [0, 0.1) is 0 Å². The molecule has 0 bridgehead atoms. The third-order valence-electron chi connectivity index (χ3n) is 4.20. The molecule has 0 radical (unpaired) electrons. The second kappa shape index (κ2) is 12.6. The van der Waals surface area contributed by atoms with Gasteiger partial charge in [-0.25, -0.2) is 9.79 Å². The van der Waals surface area contributed by atoms with Crippen molar-refractivity contribution >= 4 is 36.0 Å². The molecule has 2 N–H and O–H groups in total. The zero-order valence-corrected chi connectivity index (χ0v) is 18.6. The van der Waals surface area contributed by atoms with E-state index in [9.17, 15) is 4.79 Å². The molecule has 1 unspecified atom stereocenters. The number of para-hydroxylation sites is 1. The van der Waals surface area contributed by atoms with Crippen LogP contribution in [0.2, 0.25) is 0 Å². The van der Waals surface area contributed by atoms with Crippen LogP contribution in [0.15, 0.2) is 35.3 Å². The van der Waals surface area contributed by atoms with E-state index in [-0.39, 0.29) is 36.2 Å². The van der Waals surface area contributed by atoms with Gasteiger partial charge in [-0.15, -0.1) is 24.0 Å². The SMILES string of the molecule is CCNC(=NCC(C)Oc1ccccc1)NC1CCN(C(=O)OC)CC1.I. The number of aliphatic imine (C=N–C) groups is 1. The van der Waals surface area contributed by atoms with E-state index in [1.165, 1.54) is 7.11 Å². The summed E-state index contributed by atoms with van der Waals surface area (Å²) in [5, 5.41) is 6.73. The van der Waals surface area contributed by atoms with Gasteiger partial charge in [-0.05, 0) is 38.8 Å². The summed E-state index contributed by atoms with van der Waals surface area (Å²) in [6.07, 6.45) is 1.47. The van der Waals surface area contributed by atoms with Crippen LogP contribution in [0.3, 0.4) is 0 Å². The van der Waals surface area contributed by atoms with E-state index < -0.39 is 0 Å². The monoisotopic (exact) mass is 490 g/mol. The molecule has 0 saturated carbocycles. The lowest BCUT2D eigenvalue weighted by atomic mass is 10.1. The number of benzene rings is 1. The topological polar surface area (TPSA) is 75.2 Å². The maximum atomic E-state index is 11.6. The van der Waals surface area contributed by atoms with Crippen molar-refractivity contribution in [3.63, 3.8) is 0 Å². The molecule has 8 heteroatoms. The molecule has 1 saturated heterocycles. The number of hydrogen-bond acceptors (Lipinski definition) is 4. The molecule has 0 spiro atoms. The Morgan fingerprint density at radius 3 is 2.56 bits per heavy atom. The maximum absolute atomic E-state index is 11.6. The molecule has 0 aliphatic carbocycles. The van der Waals surface area contributed by atoms with Gasteiger partial charge in [-0.1, -0.05) is 18.2 Å². The summed E-state index contributed by atoms with van der Waals surface area (Å²) in [7, 11) is 1.42. The molecule has 152 valence electrons. The van der Waals surface area contributed by atoms with Crippen molar-refractivity contribution in [2.45, 2.75) is 38.8 Å². The Kier molecular flexibility index (Phi) is 10.9. The van der Waals surface area contributed by atoms with Crippen molar-refractivity contribution in [3.05, 3.63) is 30.3 Å². The van der Waals surface area contributed by atoms with E-state index in [2.05, 4.69) is 15.6 Å². The van der Waals surface area contributed by atoms with E-state index in [1.54, 1.807) is 4.90 Å². The van der Waals surface area contributed by atoms with Crippen molar-refractivity contribution in [1.29, 1.82) is 0 Å². The first-order chi connectivity index (χ1) is 12.6. The highest BCUT2D eigenvalue weighted by molar-refractivity contribution is 14.0. The number of piperidine rings is 1. The first-order valence-corrected chi connectivity index (χ1v) is 9.21. The van der Waals surface area contributed by atoms with Gasteiger partial charge >= 0.3 is 6.09 Å². The van der Waals surface area contributed by atoms with Crippen molar-refractivity contribution < 1.29 is 14.3 Å². The Labute approximate surface area is 178 Å². The molecule has 27 heavy (non-hydrogen) atoms. The van der Waals surface area contributed by atoms with Crippen LogP contribution in [0.4, 0.5) is 4.79 Å². The standard InChI is InChI=1S/C19H30N4O3.HI/c1-4-20-18(21-14-15(2)26-17-8-6-5-7-9-17)22-16-10-12-23(13-11-16)19(24)25-3;/h5-9,15-16H,4,10-14H2,1-3H3,(H2,20,21,22);1H. The van der Waals surface area contributed by atoms with E-state index in [1.807, 2.05) is 44.2 Å². The molecular weight excluding hydrogens is 459 g/mol. The number of rotatable bonds is 6. The molecule has 1 atom stereocenters. The minimum atomic E-state index is -0.254. The fourth-order valence-corrected chi connectivity index (χ4v) is 2.84. The van der Waals surface area contributed by atoms with Crippen LogP contribution in [-0.2, 0) is 4.74 Å². The van der Waals surface area contributed by atoms with E-state index in [0.29, 0.717) is 25.7 Å². The number of nitrogens with zero attached hydrogens (tertiary/aromatic N) is 2. The molecule has 2 rings (SSSR count). The number of methoxy groups -OCH3 is 1. The van der Waals surface area contributed by atoms with E-state index >= 15 is 0 Å². The molecule has 1 heterocycles. The van der Waals surface area contributed by atoms with Crippen molar-refractivity contribution in [1.82, 2.24) is 15.5 Å². The third-order valence-corrected chi connectivity index (χ3v) is 4.20. The van der Waals surface area contributed by atoms with Gasteiger partial charge in [-0.3, -0.25) is 0 Å². The molecule has 1 amide bonds. The number of hydrogen-bond donors (Lipinski definition) is 2. The maximum Gasteiger partial charge on any atom is 0.409 e. The Morgan fingerprint density at radius 1 is 1.30 bits per heavy atom. The first kappa shape index (κ1) is 23.3. The number of guanidine groups is 1. The summed E-state index contributed by atoms with van der Waals surface area (Å²) in [6, 6.07) is 10.1. The molecule has 1 aromatic carbocycles. The third kappa shape index (κ3) is 8.23. The van der Waals surface area contributed by atoms with E-state index in [4.69, 9.17) is 9.47 Å². The van der Waals surface area contributed by atoms with Crippen LogP contribution in [0.5, 0.6) is 5.75 Å². The predicted molar refractivity (Wildman–Crippen MR) is 118 cm³/mol. The highest BCUT2D eigenvalue weighted by atomic mass is 127. The first-order valence-electron chi connectivity index (χ1n) is 9.21. The second-order valence-corrected chi connectivity index (χ2v) is 6.34. The van der Waals surface area contributed by atoms with Crippen LogP contribution in [0.1, 0.15) is 26.7 Å². The largest absolute Gasteiger partial charge is 0.489 e. The molecule has 1 aliphatic heterocycles. The van der Waals surface area contributed by atoms with E-state index in [0.717, 1.165) is 31.1 Å². The molecule has 7 nitrogen and oxygen atoms in total. The second-order valence-electron chi connectivity index (χ2n) is 6.34. The lowest BCUT2D eigenvalue weighted by Crippen LogP contribution is -2.50. The van der Waals surface area contributed by atoms with Crippen molar-refractivity contribution in [2.24, 2.45) is 4.99 Å². The van der Waals surface area contributed by atoms with Crippen molar-refractivity contribution in [3.8, 4) is 5.75 Å². The number of carbonyl (C=O) groups is 1. The molecule has 1 fully saturated rings. The lowest BCUT2D eigenvalue weighted by Gasteiger charge is -2.32. The number of nitrogens with one attached hydrogen (secondary N) is 2. The summed E-state index contributed by atoms with van der Waals surface area (Å²) in [4.78, 5) is 17.9. The lowest BCUT2D eigenvalue weighted by molar-refractivity contribution is 0.111. The fourth-order valence-electron chi connectivity index (χ4n) is 2.84. The Morgan fingerprint density at radius 2 is 1.96 bits per heavy atom. The summed E-state index contributed by atoms with van der Waals surface area (Å²) in [5.41, 5.74) is 0. The smallest absolute Gasteiger partial charge is 0.409 e. The Bertz CT molecular complexity index is 578. The van der Waals surface area contributed by atoms with Gasteiger partial charge in [0.05, 0.1) is 13.7 Å². The zero-order valence-electron chi connectivity index (χ0n) is 16.3. The van der Waals surface area contributed by atoms with Gasteiger partial charge in [-0.2, -0.15) is 0 Å². The van der Waals surface area contributed by atoms with Gasteiger partial charge in [0.15, 0.2) is 5.96 Å². The minimum Gasteiger partial charge on any atom is -0.489 e. The van der Waals surface area contributed by atoms with Crippen LogP contribution in [0.25, 0.3) is 0 Å². The zero-order chi connectivity index (χ0) is 18.8. The number of amides is 1. The predicted octanol–water partition coefficient (Wildman–Crippen LogP) is 2.86. The van der Waals surface area contributed by atoms with Crippen LogP contribution < -0.4 is 15.4 Å². The molecule has 0 aromatic heterocycles. The number of carbonyl (C=O) groups excluding carboxylic acids is 1. The number of likely N-dealkylation sites (tertiary alicyclic amines) is 1. The summed E-state index contributed by atoms with van der Waals surface area (Å²) >= 11 is 0. The average molecular weight is 490 g/mol. The van der Waals surface area contributed by atoms with Gasteiger partial charge in [0.1, 0.15) is 11.9 Å². The summed E-state index contributed by atoms with van der Waals surface area (Å²) in [6.45, 7) is 6.79. The average Bonchev–Trinajstić information content (AvgIpc) is 2.67. The van der Waals surface area contributed by atoms with Gasteiger partial charge in [0.2, 0.25) is 0 Å². The van der Waals surface area contributed by atoms with Crippen LogP contribution >= 0.6 is 24.0 Å². The summed E-state index contributed by atoms with van der Waals surface area (Å²) < 4.78 is 10.6. The van der Waals surface area contributed by atoms with Gasteiger partial charge < -0.3 is 25.0 Å². The molecule has 1 aliphatic rings. The highest BCUT2D eigenvalue weighted by Crippen LogP contribution is 2.12. The van der Waals surface area contributed by atoms with Gasteiger partial charge in [0.25, 0.3) is 0 Å². The highest BCUT2D eigenvalue weighted by Gasteiger charge is 2.23. The number of ether oxygens (including phenoxy) is 2. The molecular formula is C19H31IN4O3. The Balaban J connectivity index is 0.00000364. The summed E-state index contributed by atoms with van der Waals surface area (Å²) in [5.74, 6) is 1.64. The quantitative estimate of drug-likeness (QED) is 0.365. The van der Waals surface area contributed by atoms with Gasteiger partial charge in [0, 0.05) is 25.7 Å². The van der Waals surface area contributed by atoms with Crippen LogP contribution in [-0.4, -0.2) is 62.4 Å². The Hall–Kier alpha value is -1.71. The normalized spacial score (nSPS) is 16.1. The minimum absolute atomic E-state index is 0. The molecule has 1 aromatic rings. The number of halogens is 1. The van der Waals surface area contributed by atoms with Crippen molar-refractivity contribution in [2.75, 3.05) is 33.3 Å².